The van der Waals surface area contributed by atoms with E-state index in [1.165, 1.54) is 25.5 Å². The zero-order chi connectivity index (χ0) is 13.1. The Morgan fingerprint density at radius 2 is 2.17 bits per heavy atom. The second-order valence-corrected chi connectivity index (χ2v) is 3.69. The molecule has 0 saturated heterocycles. The van der Waals surface area contributed by atoms with Crippen LogP contribution in [0.5, 0.6) is 5.75 Å². The molecule has 0 fully saturated rings. The predicted molar refractivity (Wildman–Crippen MR) is 64.4 cm³/mol. The van der Waals surface area contributed by atoms with Crippen molar-refractivity contribution in [1.82, 2.24) is 0 Å². The first-order valence-corrected chi connectivity index (χ1v) is 5.31. The van der Waals surface area contributed by atoms with Crippen molar-refractivity contribution in [2.75, 3.05) is 12.4 Å². The number of carbonyl (C=O) groups is 1. The van der Waals surface area contributed by atoms with E-state index in [-0.39, 0.29) is 11.7 Å². The molecule has 0 aliphatic rings. The van der Waals surface area contributed by atoms with Crippen LogP contribution in [0.25, 0.3) is 0 Å². The van der Waals surface area contributed by atoms with Crippen molar-refractivity contribution in [3.8, 4) is 5.75 Å². The lowest BCUT2D eigenvalue weighted by Gasteiger charge is -2.06. The molecule has 94 valence electrons. The lowest BCUT2D eigenvalue weighted by molar-refractivity contribution is 0.102. The molecule has 1 aromatic carbocycles. The number of rotatable bonds is 3. The zero-order valence-electron chi connectivity index (χ0n) is 9.99. The van der Waals surface area contributed by atoms with E-state index in [1.54, 1.807) is 19.1 Å². The van der Waals surface area contributed by atoms with Gasteiger partial charge in [-0.25, -0.2) is 4.39 Å². The Morgan fingerprint density at radius 1 is 1.39 bits per heavy atom. The van der Waals surface area contributed by atoms with Gasteiger partial charge in [0.15, 0.2) is 11.6 Å². The standard InChI is InChI=1S/C13H12FNO3/c1-8-10(5-6-18-8)13(16)15-9-3-4-12(17-2)11(14)7-9/h3-7H,1-2H3,(H,15,16). The highest BCUT2D eigenvalue weighted by Crippen LogP contribution is 2.21. The van der Waals surface area contributed by atoms with Crippen molar-refractivity contribution < 1.29 is 18.3 Å². The average Bonchev–Trinajstić information content (AvgIpc) is 2.76. The highest BCUT2D eigenvalue weighted by atomic mass is 19.1. The van der Waals surface area contributed by atoms with Crippen molar-refractivity contribution in [2.45, 2.75) is 6.92 Å². The van der Waals surface area contributed by atoms with Crippen LogP contribution in [0.2, 0.25) is 0 Å². The molecule has 2 rings (SSSR count). The summed E-state index contributed by atoms with van der Waals surface area (Å²) in [6.07, 6.45) is 1.43. The fourth-order valence-electron chi connectivity index (χ4n) is 1.56. The molecule has 1 N–H and O–H groups in total. The molecule has 18 heavy (non-hydrogen) atoms. The van der Waals surface area contributed by atoms with E-state index in [0.29, 0.717) is 17.0 Å². The lowest BCUT2D eigenvalue weighted by Crippen LogP contribution is -2.12. The van der Waals surface area contributed by atoms with Crippen molar-refractivity contribution in [3.63, 3.8) is 0 Å². The van der Waals surface area contributed by atoms with Crippen LogP contribution >= 0.6 is 0 Å². The number of halogens is 1. The Kier molecular flexibility index (Phi) is 3.32. The van der Waals surface area contributed by atoms with Crippen LogP contribution in [-0.2, 0) is 0 Å². The number of nitrogens with one attached hydrogen (secondary N) is 1. The van der Waals surface area contributed by atoms with Crippen LogP contribution in [-0.4, -0.2) is 13.0 Å². The number of benzene rings is 1. The summed E-state index contributed by atoms with van der Waals surface area (Å²) in [6.45, 7) is 1.68. The topological polar surface area (TPSA) is 51.5 Å². The molecule has 0 aliphatic carbocycles. The lowest BCUT2D eigenvalue weighted by atomic mass is 10.2. The number of carbonyl (C=O) groups excluding carboxylic acids is 1. The van der Waals surface area contributed by atoms with Crippen LogP contribution in [0.15, 0.2) is 34.9 Å². The van der Waals surface area contributed by atoms with Gasteiger partial charge in [0.25, 0.3) is 5.91 Å². The van der Waals surface area contributed by atoms with Gasteiger partial charge in [0, 0.05) is 11.8 Å². The Balaban J connectivity index is 2.17. The largest absolute Gasteiger partial charge is 0.494 e. The monoisotopic (exact) mass is 249 g/mol. The highest BCUT2D eigenvalue weighted by molar-refractivity contribution is 6.04. The molecule has 0 bridgehead atoms. The average molecular weight is 249 g/mol. The van der Waals surface area contributed by atoms with Crippen LogP contribution in [0.3, 0.4) is 0 Å². The molecule has 1 amide bonds. The van der Waals surface area contributed by atoms with Gasteiger partial charge in [0.1, 0.15) is 5.76 Å². The number of methoxy groups -OCH3 is 1. The molecular weight excluding hydrogens is 237 g/mol. The number of hydrogen-bond donors (Lipinski definition) is 1. The second kappa shape index (κ2) is 4.91. The van der Waals surface area contributed by atoms with Gasteiger partial charge in [-0.2, -0.15) is 0 Å². The predicted octanol–water partition coefficient (Wildman–Crippen LogP) is 2.99. The van der Waals surface area contributed by atoms with Crippen LogP contribution in [0, 0.1) is 12.7 Å². The Hall–Kier alpha value is -2.30. The third-order valence-electron chi connectivity index (χ3n) is 2.51. The Morgan fingerprint density at radius 3 is 2.72 bits per heavy atom. The van der Waals surface area contributed by atoms with E-state index >= 15 is 0 Å². The first-order chi connectivity index (χ1) is 8.61. The number of ether oxygens (including phenoxy) is 1. The Bertz CT molecular complexity index is 577. The number of hydrogen-bond acceptors (Lipinski definition) is 3. The molecule has 2 aromatic rings. The quantitative estimate of drug-likeness (QED) is 0.909. The van der Waals surface area contributed by atoms with Gasteiger partial charge in [-0.05, 0) is 25.1 Å². The van der Waals surface area contributed by atoms with Crippen molar-refractivity contribution in [1.29, 1.82) is 0 Å². The molecule has 1 aromatic heterocycles. The maximum absolute atomic E-state index is 13.4. The molecule has 1 heterocycles. The van der Waals surface area contributed by atoms with Crippen LogP contribution in [0.4, 0.5) is 10.1 Å². The Labute approximate surface area is 103 Å². The van der Waals surface area contributed by atoms with Gasteiger partial charge in [0.2, 0.25) is 0 Å². The fourth-order valence-corrected chi connectivity index (χ4v) is 1.56. The van der Waals surface area contributed by atoms with Gasteiger partial charge in [0.05, 0.1) is 18.9 Å². The maximum atomic E-state index is 13.4. The minimum atomic E-state index is -0.529. The SMILES string of the molecule is COc1ccc(NC(=O)c2ccoc2C)cc1F. The number of amides is 1. The number of aryl methyl sites for hydroxylation is 1. The van der Waals surface area contributed by atoms with Crippen molar-refractivity contribution in [2.24, 2.45) is 0 Å². The minimum absolute atomic E-state index is 0.132. The normalized spacial score (nSPS) is 10.2. The first-order valence-electron chi connectivity index (χ1n) is 5.31. The van der Waals surface area contributed by atoms with Gasteiger partial charge in [-0.1, -0.05) is 0 Å². The van der Waals surface area contributed by atoms with E-state index in [1.807, 2.05) is 0 Å². The summed E-state index contributed by atoms with van der Waals surface area (Å²) >= 11 is 0. The zero-order valence-corrected chi connectivity index (χ0v) is 9.99. The number of anilines is 1. The smallest absolute Gasteiger partial charge is 0.259 e. The van der Waals surface area contributed by atoms with Gasteiger partial charge < -0.3 is 14.5 Å². The summed E-state index contributed by atoms with van der Waals surface area (Å²) in [4.78, 5) is 11.8. The number of furan rings is 1. The van der Waals surface area contributed by atoms with E-state index < -0.39 is 5.82 Å². The van der Waals surface area contributed by atoms with E-state index in [0.717, 1.165) is 0 Å². The highest BCUT2D eigenvalue weighted by Gasteiger charge is 2.12. The molecule has 4 nitrogen and oxygen atoms in total. The summed E-state index contributed by atoms with van der Waals surface area (Å²) in [5.41, 5.74) is 0.783. The summed E-state index contributed by atoms with van der Waals surface area (Å²) < 4.78 is 23.3. The molecule has 0 radical (unpaired) electrons. The maximum Gasteiger partial charge on any atom is 0.259 e. The molecule has 0 saturated carbocycles. The molecule has 0 atom stereocenters. The fraction of sp³-hybridized carbons (Fsp3) is 0.154. The van der Waals surface area contributed by atoms with Crippen LogP contribution in [0.1, 0.15) is 16.1 Å². The minimum Gasteiger partial charge on any atom is -0.494 e. The summed E-state index contributed by atoms with van der Waals surface area (Å²) in [6, 6.07) is 5.78. The third kappa shape index (κ3) is 2.34. The van der Waals surface area contributed by atoms with Gasteiger partial charge in [-0.3, -0.25) is 4.79 Å². The molecule has 0 spiro atoms. The molecular formula is C13H12FNO3. The summed E-state index contributed by atoms with van der Waals surface area (Å²) in [5, 5.41) is 2.58. The third-order valence-corrected chi connectivity index (χ3v) is 2.51. The van der Waals surface area contributed by atoms with Gasteiger partial charge in [-0.15, -0.1) is 0 Å². The molecule has 0 aliphatic heterocycles. The van der Waals surface area contributed by atoms with E-state index in [2.05, 4.69) is 5.32 Å². The summed E-state index contributed by atoms with van der Waals surface area (Å²) in [5.74, 6) is -0.223. The van der Waals surface area contributed by atoms with Crippen molar-refractivity contribution in [3.05, 3.63) is 47.7 Å². The second-order valence-electron chi connectivity index (χ2n) is 3.69. The van der Waals surface area contributed by atoms with Crippen molar-refractivity contribution >= 4 is 11.6 Å². The molecule has 5 heteroatoms. The van der Waals surface area contributed by atoms with Gasteiger partial charge >= 0.3 is 0 Å². The van der Waals surface area contributed by atoms with E-state index in [9.17, 15) is 9.18 Å². The van der Waals surface area contributed by atoms with E-state index in [4.69, 9.17) is 9.15 Å². The first kappa shape index (κ1) is 12.2. The van der Waals surface area contributed by atoms with Crippen LogP contribution < -0.4 is 10.1 Å². The summed E-state index contributed by atoms with van der Waals surface area (Å²) in [7, 11) is 1.38. The molecule has 0 unspecified atom stereocenters.